The fourth-order valence-corrected chi connectivity index (χ4v) is 4.63. The van der Waals surface area contributed by atoms with Crippen LogP contribution in [0.5, 0.6) is 0 Å². The second-order valence-electron chi connectivity index (χ2n) is 8.12. The van der Waals surface area contributed by atoms with Crippen molar-refractivity contribution in [1.82, 2.24) is 10.2 Å². The number of halogens is 1. The maximum Gasteiger partial charge on any atom is 0.234 e. The third-order valence-electron chi connectivity index (χ3n) is 6.26. The second kappa shape index (κ2) is 10.1. The second-order valence-corrected chi connectivity index (χ2v) is 8.53. The van der Waals surface area contributed by atoms with Crippen molar-refractivity contribution in [3.05, 3.63) is 28.8 Å². The van der Waals surface area contributed by atoms with Gasteiger partial charge >= 0.3 is 0 Å². The van der Waals surface area contributed by atoms with Gasteiger partial charge in [0.1, 0.15) is 6.42 Å². The predicted octanol–water partition coefficient (Wildman–Crippen LogP) is 3.75. The summed E-state index contributed by atoms with van der Waals surface area (Å²) in [5, 5.41) is 12.4. The minimum absolute atomic E-state index is 0.0272. The van der Waals surface area contributed by atoms with Crippen molar-refractivity contribution in [2.75, 3.05) is 37.6 Å². The molecule has 1 amide bonds. The number of carbonyl (C=O) groups excluding carboxylic acids is 1. The number of benzene rings is 1. The molecule has 28 heavy (non-hydrogen) atoms. The van der Waals surface area contributed by atoms with Gasteiger partial charge in [-0.25, -0.2) is 0 Å². The van der Waals surface area contributed by atoms with Crippen molar-refractivity contribution < 1.29 is 4.79 Å². The summed E-state index contributed by atoms with van der Waals surface area (Å²) in [5.41, 5.74) is 2.44. The average molecular weight is 403 g/mol. The van der Waals surface area contributed by atoms with Crippen molar-refractivity contribution in [3.63, 3.8) is 0 Å². The summed E-state index contributed by atoms with van der Waals surface area (Å²) >= 11 is 6.28. The molecule has 0 radical (unpaired) electrons. The molecule has 5 nitrogen and oxygen atoms in total. The standard InChI is InChI=1S/C22H31ClN4O/c1-17-20(23)3-2-4-21(17)27-15-13-26(14-16-27)12-10-18-5-7-19(8-6-18)25-22(28)9-11-24/h2-4,18-19H,5-10,12-16H2,1H3,(H,25,28)/t18-,19-. The topological polar surface area (TPSA) is 59.4 Å². The van der Waals surface area contributed by atoms with Gasteiger partial charge in [0.2, 0.25) is 5.91 Å². The highest BCUT2D eigenvalue weighted by Gasteiger charge is 2.24. The number of carbonyl (C=O) groups is 1. The van der Waals surface area contributed by atoms with E-state index in [0.29, 0.717) is 0 Å². The van der Waals surface area contributed by atoms with E-state index in [4.69, 9.17) is 16.9 Å². The first-order chi connectivity index (χ1) is 13.6. The smallest absolute Gasteiger partial charge is 0.234 e. The number of amides is 1. The van der Waals surface area contributed by atoms with Crippen LogP contribution in [0, 0.1) is 24.2 Å². The lowest BCUT2D eigenvalue weighted by atomic mass is 9.84. The zero-order chi connectivity index (χ0) is 19.9. The van der Waals surface area contributed by atoms with Crippen LogP contribution in [0.4, 0.5) is 5.69 Å². The molecule has 1 saturated carbocycles. The molecule has 2 fully saturated rings. The van der Waals surface area contributed by atoms with E-state index >= 15 is 0 Å². The molecule has 1 N–H and O–H groups in total. The Kier molecular flexibility index (Phi) is 7.58. The van der Waals surface area contributed by atoms with E-state index in [2.05, 4.69) is 28.1 Å². The van der Waals surface area contributed by atoms with Crippen LogP contribution in [-0.2, 0) is 4.79 Å². The zero-order valence-electron chi connectivity index (χ0n) is 16.8. The highest BCUT2D eigenvalue weighted by Crippen LogP contribution is 2.29. The monoisotopic (exact) mass is 402 g/mol. The molecule has 3 rings (SSSR count). The van der Waals surface area contributed by atoms with Gasteiger partial charge in [0, 0.05) is 42.9 Å². The lowest BCUT2D eigenvalue weighted by molar-refractivity contribution is -0.121. The summed E-state index contributed by atoms with van der Waals surface area (Å²) in [5.74, 6) is 0.635. The lowest BCUT2D eigenvalue weighted by Crippen LogP contribution is -2.47. The summed E-state index contributed by atoms with van der Waals surface area (Å²) in [6.07, 6.45) is 5.67. The molecule has 0 spiro atoms. The number of hydrogen-bond acceptors (Lipinski definition) is 4. The van der Waals surface area contributed by atoms with E-state index in [0.717, 1.165) is 50.0 Å². The normalized spacial score (nSPS) is 23.2. The quantitative estimate of drug-likeness (QED) is 0.787. The zero-order valence-corrected chi connectivity index (χ0v) is 17.5. The van der Waals surface area contributed by atoms with Gasteiger partial charge in [-0.2, -0.15) is 5.26 Å². The summed E-state index contributed by atoms with van der Waals surface area (Å²) in [6, 6.07) is 8.35. The Bertz CT molecular complexity index is 701. The van der Waals surface area contributed by atoms with E-state index < -0.39 is 0 Å². The van der Waals surface area contributed by atoms with Gasteiger partial charge in [0.05, 0.1) is 6.07 Å². The molecule has 1 heterocycles. The number of hydrogen-bond donors (Lipinski definition) is 1. The van der Waals surface area contributed by atoms with Crippen LogP contribution >= 0.6 is 11.6 Å². The molecule has 1 aliphatic carbocycles. The number of piperazine rings is 1. The van der Waals surface area contributed by atoms with E-state index in [9.17, 15) is 4.79 Å². The Balaban J connectivity index is 1.36. The van der Waals surface area contributed by atoms with Crippen LogP contribution in [-0.4, -0.2) is 49.6 Å². The molecule has 1 aromatic carbocycles. The van der Waals surface area contributed by atoms with Gasteiger partial charge in [-0.3, -0.25) is 9.69 Å². The van der Waals surface area contributed by atoms with Crippen LogP contribution in [0.3, 0.4) is 0 Å². The minimum Gasteiger partial charge on any atom is -0.369 e. The van der Waals surface area contributed by atoms with Crippen LogP contribution < -0.4 is 10.2 Å². The Labute approximate surface area is 173 Å². The van der Waals surface area contributed by atoms with Gasteiger partial charge in [-0.15, -0.1) is 0 Å². The maximum atomic E-state index is 11.5. The third kappa shape index (κ3) is 5.62. The minimum atomic E-state index is -0.126. The number of rotatable bonds is 6. The highest BCUT2D eigenvalue weighted by atomic mass is 35.5. The fraction of sp³-hybridized carbons (Fsp3) is 0.636. The van der Waals surface area contributed by atoms with E-state index in [1.54, 1.807) is 0 Å². The number of anilines is 1. The Hall–Kier alpha value is -1.77. The molecular weight excluding hydrogens is 372 g/mol. The fourth-order valence-electron chi connectivity index (χ4n) is 4.46. The molecule has 0 atom stereocenters. The van der Waals surface area contributed by atoms with E-state index in [1.165, 1.54) is 37.1 Å². The Morgan fingerprint density at radius 2 is 1.93 bits per heavy atom. The Morgan fingerprint density at radius 3 is 2.61 bits per heavy atom. The van der Waals surface area contributed by atoms with Crippen molar-refractivity contribution in [2.24, 2.45) is 5.92 Å². The van der Waals surface area contributed by atoms with Crippen LogP contribution in [0.2, 0.25) is 5.02 Å². The summed E-state index contributed by atoms with van der Waals surface area (Å²) in [7, 11) is 0. The summed E-state index contributed by atoms with van der Waals surface area (Å²) < 4.78 is 0. The first kappa shape index (κ1) is 21.0. The van der Waals surface area contributed by atoms with Crippen LogP contribution in [0.25, 0.3) is 0 Å². The molecule has 152 valence electrons. The van der Waals surface area contributed by atoms with Crippen molar-refractivity contribution in [3.8, 4) is 6.07 Å². The molecule has 1 saturated heterocycles. The van der Waals surface area contributed by atoms with Gasteiger partial charge in [0.25, 0.3) is 0 Å². The first-order valence-electron chi connectivity index (χ1n) is 10.5. The van der Waals surface area contributed by atoms with Gasteiger partial charge < -0.3 is 10.2 Å². The molecule has 1 aliphatic heterocycles. The lowest BCUT2D eigenvalue weighted by Gasteiger charge is -2.38. The Morgan fingerprint density at radius 1 is 1.21 bits per heavy atom. The van der Waals surface area contributed by atoms with Gasteiger partial charge in [0.15, 0.2) is 0 Å². The average Bonchev–Trinajstić information content (AvgIpc) is 2.70. The molecule has 0 unspecified atom stereocenters. The third-order valence-corrected chi connectivity index (χ3v) is 6.67. The number of nitriles is 1. The first-order valence-corrected chi connectivity index (χ1v) is 10.8. The SMILES string of the molecule is Cc1c(Cl)cccc1N1CCN(CC[C@H]2CC[C@H](NC(=O)CC#N)CC2)CC1. The van der Waals surface area contributed by atoms with Crippen molar-refractivity contribution in [1.29, 1.82) is 5.26 Å². The number of nitrogens with zero attached hydrogens (tertiary/aromatic N) is 3. The summed E-state index contributed by atoms with van der Waals surface area (Å²) in [4.78, 5) is 16.6. The van der Waals surface area contributed by atoms with Crippen LogP contribution in [0.15, 0.2) is 18.2 Å². The highest BCUT2D eigenvalue weighted by molar-refractivity contribution is 6.31. The molecule has 2 aliphatic rings. The van der Waals surface area contributed by atoms with Gasteiger partial charge in [-0.1, -0.05) is 17.7 Å². The van der Waals surface area contributed by atoms with Crippen LogP contribution in [0.1, 0.15) is 44.1 Å². The molecule has 6 heteroatoms. The molecule has 1 aromatic rings. The van der Waals surface area contributed by atoms with Gasteiger partial charge in [-0.05, 0) is 69.2 Å². The predicted molar refractivity (Wildman–Crippen MR) is 114 cm³/mol. The molecule has 0 bridgehead atoms. The summed E-state index contributed by atoms with van der Waals surface area (Å²) in [6.45, 7) is 7.58. The number of nitrogens with one attached hydrogen (secondary N) is 1. The van der Waals surface area contributed by atoms with E-state index in [1.807, 2.05) is 18.2 Å². The largest absolute Gasteiger partial charge is 0.369 e. The van der Waals surface area contributed by atoms with Crippen molar-refractivity contribution in [2.45, 2.75) is 51.5 Å². The maximum absolute atomic E-state index is 11.5. The van der Waals surface area contributed by atoms with E-state index in [-0.39, 0.29) is 18.4 Å². The molecule has 0 aromatic heterocycles. The molecular formula is C22H31ClN4O. The van der Waals surface area contributed by atoms with Crippen molar-refractivity contribution >= 4 is 23.2 Å².